The van der Waals surface area contributed by atoms with Crippen LogP contribution < -0.4 is 5.32 Å². The highest BCUT2D eigenvalue weighted by Crippen LogP contribution is 2.28. The van der Waals surface area contributed by atoms with Crippen molar-refractivity contribution in [3.63, 3.8) is 0 Å². The van der Waals surface area contributed by atoms with Gasteiger partial charge in [-0.05, 0) is 26.3 Å². The summed E-state index contributed by atoms with van der Waals surface area (Å²) >= 11 is 0. The number of aliphatic hydroxyl groups is 1. The van der Waals surface area contributed by atoms with E-state index in [1.54, 1.807) is 13.0 Å². The lowest BCUT2D eigenvalue weighted by Gasteiger charge is -2.38. The number of aryl methyl sites for hydroxylation is 1. The molecule has 0 bridgehead atoms. The van der Waals surface area contributed by atoms with Crippen LogP contribution in [0.2, 0.25) is 0 Å². The van der Waals surface area contributed by atoms with Crippen molar-refractivity contribution in [3.8, 4) is 0 Å². The van der Waals surface area contributed by atoms with Crippen molar-refractivity contribution in [1.29, 1.82) is 0 Å². The van der Waals surface area contributed by atoms with Crippen LogP contribution in [0.15, 0.2) is 10.6 Å². The van der Waals surface area contributed by atoms with E-state index in [1.165, 1.54) is 0 Å². The number of rotatable bonds is 4. The summed E-state index contributed by atoms with van der Waals surface area (Å²) in [5.74, 6) is 0.266. The molecule has 2 N–H and O–H groups in total. The minimum Gasteiger partial charge on any atom is -0.396 e. The maximum absolute atomic E-state index is 11.9. The highest BCUT2D eigenvalue weighted by molar-refractivity contribution is 5.90. The molecule has 1 fully saturated rings. The average Bonchev–Trinajstić information content (AvgIpc) is 2.74. The molecule has 1 unspecified atom stereocenters. The Morgan fingerprint density at radius 3 is 3.11 bits per heavy atom. The van der Waals surface area contributed by atoms with Gasteiger partial charge in [-0.1, -0.05) is 12.1 Å². The second kappa shape index (κ2) is 5.71. The van der Waals surface area contributed by atoms with Crippen molar-refractivity contribution >= 4 is 11.8 Å². The van der Waals surface area contributed by atoms with E-state index in [0.717, 1.165) is 31.6 Å². The van der Waals surface area contributed by atoms with Crippen molar-refractivity contribution in [3.05, 3.63) is 11.8 Å². The number of nitrogens with zero attached hydrogens (tertiary/aromatic N) is 2. The molecule has 0 aliphatic carbocycles. The number of hydrogen-bond donors (Lipinski definition) is 2. The van der Waals surface area contributed by atoms with E-state index < -0.39 is 0 Å². The Morgan fingerprint density at radius 1 is 1.68 bits per heavy atom. The van der Waals surface area contributed by atoms with Gasteiger partial charge in [0.2, 0.25) is 11.8 Å². The summed E-state index contributed by atoms with van der Waals surface area (Å²) in [5.41, 5.74) is 0.641. The molecule has 1 aliphatic rings. The summed E-state index contributed by atoms with van der Waals surface area (Å²) in [6.07, 6.45) is 2.01. The van der Waals surface area contributed by atoms with Gasteiger partial charge in [-0.25, -0.2) is 0 Å². The second-order valence-electron chi connectivity index (χ2n) is 5.66. The van der Waals surface area contributed by atoms with Gasteiger partial charge in [-0.3, -0.25) is 15.0 Å². The Morgan fingerprint density at radius 2 is 2.47 bits per heavy atom. The molecule has 2 heterocycles. The summed E-state index contributed by atoms with van der Waals surface area (Å²) in [6.45, 7) is 5.96. The molecule has 6 heteroatoms. The molecule has 0 aromatic carbocycles. The van der Waals surface area contributed by atoms with Crippen LogP contribution in [0.25, 0.3) is 0 Å². The van der Waals surface area contributed by atoms with E-state index in [1.807, 2.05) is 0 Å². The van der Waals surface area contributed by atoms with Gasteiger partial charge >= 0.3 is 0 Å². The number of nitrogens with one attached hydrogen (secondary N) is 1. The van der Waals surface area contributed by atoms with Gasteiger partial charge in [-0.2, -0.15) is 0 Å². The lowest BCUT2D eigenvalue weighted by molar-refractivity contribution is -0.118. The summed E-state index contributed by atoms with van der Waals surface area (Å²) in [7, 11) is 0. The third kappa shape index (κ3) is 3.78. The van der Waals surface area contributed by atoms with Gasteiger partial charge in [-0.15, -0.1) is 0 Å². The van der Waals surface area contributed by atoms with Gasteiger partial charge in [0.25, 0.3) is 0 Å². The average molecular weight is 267 g/mol. The number of aromatic nitrogens is 1. The van der Waals surface area contributed by atoms with Gasteiger partial charge in [0.1, 0.15) is 0 Å². The van der Waals surface area contributed by atoms with Crippen LogP contribution in [-0.2, 0) is 4.79 Å². The van der Waals surface area contributed by atoms with E-state index in [9.17, 15) is 9.90 Å². The monoisotopic (exact) mass is 267 g/mol. The Hall–Kier alpha value is -1.40. The predicted octanol–water partition coefficient (Wildman–Crippen LogP) is 1.02. The predicted molar refractivity (Wildman–Crippen MR) is 70.7 cm³/mol. The number of likely N-dealkylation sites (tertiary alicyclic amines) is 1. The van der Waals surface area contributed by atoms with Crippen LogP contribution in [0.5, 0.6) is 0 Å². The van der Waals surface area contributed by atoms with Gasteiger partial charge < -0.3 is 9.63 Å². The molecule has 1 amide bonds. The quantitative estimate of drug-likeness (QED) is 0.851. The van der Waals surface area contributed by atoms with Crippen LogP contribution in [0.1, 0.15) is 25.5 Å². The molecule has 1 aromatic heterocycles. The van der Waals surface area contributed by atoms with Gasteiger partial charge in [0, 0.05) is 24.6 Å². The lowest BCUT2D eigenvalue weighted by atomic mass is 9.83. The Kier molecular flexibility index (Phi) is 4.21. The van der Waals surface area contributed by atoms with Crippen LogP contribution in [0, 0.1) is 12.3 Å². The summed E-state index contributed by atoms with van der Waals surface area (Å²) in [6, 6.07) is 1.69. The molecule has 106 valence electrons. The standard InChI is InChI=1S/C13H21N3O3/c1-10-6-12(19-15-10)14-11(18)7-16-5-3-4-13(2,8-16)9-17/h6,17H,3-5,7-9H2,1-2H3,(H,14,18). The molecule has 1 aromatic rings. The fourth-order valence-corrected chi connectivity index (χ4v) is 2.49. The maximum Gasteiger partial charge on any atom is 0.240 e. The Balaban J connectivity index is 1.85. The topological polar surface area (TPSA) is 78.6 Å². The van der Waals surface area contributed by atoms with E-state index in [4.69, 9.17) is 4.52 Å². The third-order valence-electron chi connectivity index (χ3n) is 3.50. The lowest BCUT2D eigenvalue weighted by Crippen LogP contribution is -2.46. The molecule has 1 aliphatic heterocycles. The molecule has 2 rings (SSSR count). The maximum atomic E-state index is 11.9. The minimum atomic E-state index is -0.113. The van der Waals surface area contributed by atoms with Crippen molar-refractivity contribution in [2.75, 3.05) is 31.6 Å². The highest BCUT2D eigenvalue weighted by Gasteiger charge is 2.31. The zero-order valence-electron chi connectivity index (χ0n) is 11.5. The highest BCUT2D eigenvalue weighted by atomic mass is 16.5. The van der Waals surface area contributed by atoms with Crippen LogP contribution in [0.3, 0.4) is 0 Å². The second-order valence-corrected chi connectivity index (χ2v) is 5.66. The van der Waals surface area contributed by atoms with Crippen molar-refractivity contribution in [2.24, 2.45) is 5.41 Å². The number of carbonyl (C=O) groups is 1. The first-order valence-corrected chi connectivity index (χ1v) is 6.57. The number of hydrogen-bond acceptors (Lipinski definition) is 5. The summed E-state index contributed by atoms with van der Waals surface area (Å²) in [4.78, 5) is 14.0. The number of anilines is 1. The van der Waals surface area contributed by atoms with E-state index in [0.29, 0.717) is 12.4 Å². The van der Waals surface area contributed by atoms with Gasteiger partial charge in [0.05, 0.1) is 12.2 Å². The molecule has 0 spiro atoms. The minimum absolute atomic E-state index is 0.0959. The largest absolute Gasteiger partial charge is 0.396 e. The summed E-state index contributed by atoms with van der Waals surface area (Å²) in [5, 5.41) is 15.8. The third-order valence-corrected chi connectivity index (χ3v) is 3.50. The number of carbonyl (C=O) groups excluding carboxylic acids is 1. The Labute approximate surface area is 112 Å². The zero-order chi connectivity index (χ0) is 13.9. The summed E-state index contributed by atoms with van der Waals surface area (Å²) < 4.78 is 4.95. The number of piperidine rings is 1. The van der Waals surface area contributed by atoms with Crippen LogP contribution in [-0.4, -0.2) is 47.3 Å². The van der Waals surface area contributed by atoms with Crippen molar-refractivity contribution < 1.29 is 14.4 Å². The normalized spacial score (nSPS) is 24.4. The van der Waals surface area contributed by atoms with E-state index in [-0.39, 0.29) is 17.9 Å². The molecule has 1 saturated heterocycles. The van der Waals surface area contributed by atoms with Crippen LogP contribution in [0.4, 0.5) is 5.88 Å². The van der Waals surface area contributed by atoms with Crippen molar-refractivity contribution in [1.82, 2.24) is 10.1 Å². The fraction of sp³-hybridized carbons (Fsp3) is 0.692. The molecular weight excluding hydrogens is 246 g/mol. The SMILES string of the molecule is Cc1cc(NC(=O)CN2CCCC(C)(CO)C2)on1. The smallest absolute Gasteiger partial charge is 0.240 e. The number of amides is 1. The molecule has 6 nitrogen and oxygen atoms in total. The first kappa shape index (κ1) is 14.0. The number of aliphatic hydroxyl groups excluding tert-OH is 1. The molecule has 1 atom stereocenters. The molecular formula is C13H21N3O3. The van der Waals surface area contributed by atoms with Crippen LogP contribution >= 0.6 is 0 Å². The van der Waals surface area contributed by atoms with E-state index in [2.05, 4.69) is 22.3 Å². The first-order chi connectivity index (χ1) is 9.00. The van der Waals surface area contributed by atoms with Gasteiger partial charge in [0.15, 0.2) is 0 Å². The Bertz CT molecular complexity index is 446. The zero-order valence-corrected chi connectivity index (χ0v) is 11.5. The molecule has 19 heavy (non-hydrogen) atoms. The molecule has 0 saturated carbocycles. The molecule has 0 radical (unpaired) electrons. The fourth-order valence-electron chi connectivity index (χ4n) is 2.49. The van der Waals surface area contributed by atoms with E-state index >= 15 is 0 Å². The van der Waals surface area contributed by atoms with Crippen molar-refractivity contribution in [2.45, 2.75) is 26.7 Å². The first-order valence-electron chi connectivity index (χ1n) is 6.57.